The van der Waals surface area contributed by atoms with Crippen LogP contribution in [-0.2, 0) is 11.3 Å². The molecule has 0 unspecified atom stereocenters. The highest BCUT2D eigenvalue weighted by atomic mass is 35.5. The number of halogens is 1. The van der Waals surface area contributed by atoms with Gasteiger partial charge in [-0.2, -0.15) is 0 Å². The lowest BCUT2D eigenvalue weighted by atomic mass is 10.2. The third-order valence-electron chi connectivity index (χ3n) is 2.13. The number of nitrogens with two attached hydrogens (primary N) is 1. The SMILES string of the molecule is CCCNCc1cc(Cl)ccc1OCC(N)=O. The zero-order valence-corrected chi connectivity index (χ0v) is 10.6. The van der Waals surface area contributed by atoms with Gasteiger partial charge in [0, 0.05) is 17.1 Å². The molecular formula is C12H17ClN2O2. The van der Waals surface area contributed by atoms with Crippen LogP contribution >= 0.6 is 11.6 Å². The van der Waals surface area contributed by atoms with Crippen molar-refractivity contribution < 1.29 is 9.53 Å². The van der Waals surface area contributed by atoms with Gasteiger partial charge in [0.1, 0.15) is 5.75 Å². The summed E-state index contributed by atoms with van der Waals surface area (Å²) < 4.78 is 5.31. The lowest BCUT2D eigenvalue weighted by molar-refractivity contribution is -0.119. The summed E-state index contributed by atoms with van der Waals surface area (Å²) in [6.45, 7) is 3.54. The molecule has 0 aromatic heterocycles. The normalized spacial score (nSPS) is 10.2. The van der Waals surface area contributed by atoms with Crippen molar-refractivity contribution in [3.63, 3.8) is 0 Å². The molecule has 0 saturated carbocycles. The second kappa shape index (κ2) is 7.14. The summed E-state index contributed by atoms with van der Waals surface area (Å²) in [6, 6.07) is 5.29. The summed E-state index contributed by atoms with van der Waals surface area (Å²) in [5, 5.41) is 3.90. The minimum Gasteiger partial charge on any atom is -0.483 e. The first kappa shape index (κ1) is 13.8. The van der Waals surface area contributed by atoms with Crippen molar-refractivity contribution in [1.82, 2.24) is 5.32 Å². The standard InChI is InChI=1S/C12H17ClN2O2/c1-2-5-15-7-9-6-10(13)3-4-11(9)17-8-12(14)16/h3-4,6,15H,2,5,7-8H2,1H3,(H2,14,16). The van der Waals surface area contributed by atoms with E-state index in [0.717, 1.165) is 18.5 Å². The zero-order valence-electron chi connectivity index (χ0n) is 9.83. The molecule has 94 valence electrons. The second-order valence-electron chi connectivity index (χ2n) is 3.68. The lowest BCUT2D eigenvalue weighted by Gasteiger charge is -2.11. The smallest absolute Gasteiger partial charge is 0.255 e. The zero-order chi connectivity index (χ0) is 12.7. The van der Waals surface area contributed by atoms with Crippen molar-refractivity contribution in [2.45, 2.75) is 19.9 Å². The van der Waals surface area contributed by atoms with Gasteiger partial charge in [0.15, 0.2) is 6.61 Å². The molecule has 0 fully saturated rings. The molecule has 4 nitrogen and oxygen atoms in total. The van der Waals surface area contributed by atoms with Gasteiger partial charge in [-0.05, 0) is 31.2 Å². The lowest BCUT2D eigenvalue weighted by Crippen LogP contribution is -2.21. The summed E-state index contributed by atoms with van der Waals surface area (Å²) in [4.78, 5) is 10.7. The van der Waals surface area contributed by atoms with Crippen LogP contribution in [0.15, 0.2) is 18.2 Å². The molecule has 3 N–H and O–H groups in total. The number of primary amides is 1. The van der Waals surface area contributed by atoms with Crippen molar-refractivity contribution in [2.75, 3.05) is 13.2 Å². The fraction of sp³-hybridized carbons (Fsp3) is 0.417. The molecule has 0 aliphatic rings. The van der Waals surface area contributed by atoms with Crippen LogP contribution in [0.3, 0.4) is 0 Å². The van der Waals surface area contributed by atoms with E-state index in [4.69, 9.17) is 22.1 Å². The van der Waals surface area contributed by atoms with Gasteiger partial charge in [-0.1, -0.05) is 18.5 Å². The van der Waals surface area contributed by atoms with Crippen molar-refractivity contribution in [3.8, 4) is 5.75 Å². The highest BCUT2D eigenvalue weighted by molar-refractivity contribution is 6.30. The Morgan fingerprint density at radius 3 is 2.94 bits per heavy atom. The Morgan fingerprint density at radius 2 is 2.29 bits per heavy atom. The molecule has 0 spiro atoms. The number of benzene rings is 1. The Morgan fingerprint density at radius 1 is 1.53 bits per heavy atom. The molecule has 5 heteroatoms. The summed E-state index contributed by atoms with van der Waals surface area (Å²) in [6.07, 6.45) is 1.05. The number of rotatable bonds is 7. The summed E-state index contributed by atoms with van der Waals surface area (Å²) in [5.74, 6) is 0.143. The Labute approximate surface area is 106 Å². The molecule has 0 radical (unpaired) electrons. The van der Waals surface area contributed by atoms with Crippen LogP contribution in [0.1, 0.15) is 18.9 Å². The third-order valence-corrected chi connectivity index (χ3v) is 2.37. The molecule has 1 rings (SSSR count). The monoisotopic (exact) mass is 256 g/mol. The molecule has 1 amide bonds. The van der Waals surface area contributed by atoms with Gasteiger partial charge in [-0.25, -0.2) is 0 Å². The van der Waals surface area contributed by atoms with Gasteiger partial charge < -0.3 is 15.8 Å². The third kappa shape index (κ3) is 5.06. The van der Waals surface area contributed by atoms with E-state index in [1.54, 1.807) is 12.1 Å². The Kier molecular flexibility index (Phi) is 5.80. The first-order chi connectivity index (χ1) is 8.13. The van der Waals surface area contributed by atoms with E-state index in [2.05, 4.69) is 12.2 Å². The van der Waals surface area contributed by atoms with Crippen LogP contribution in [0, 0.1) is 0 Å². The van der Waals surface area contributed by atoms with E-state index in [-0.39, 0.29) is 6.61 Å². The first-order valence-electron chi connectivity index (χ1n) is 5.53. The second-order valence-corrected chi connectivity index (χ2v) is 4.12. The molecule has 0 bridgehead atoms. The van der Waals surface area contributed by atoms with Crippen LogP contribution < -0.4 is 15.8 Å². The maximum Gasteiger partial charge on any atom is 0.255 e. The molecule has 0 aliphatic heterocycles. The molecular weight excluding hydrogens is 240 g/mol. The molecule has 17 heavy (non-hydrogen) atoms. The number of amides is 1. The summed E-state index contributed by atoms with van der Waals surface area (Å²) in [5.41, 5.74) is 5.96. The minimum absolute atomic E-state index is 0.123. The number of nitrogens with one attached hydrogen (secondary N) is 1. The maximum absolute atomic E-state index is 10.7. The predicted octanol–water partition coefficient (Wildman–Crippen LogP) is 1.70. The van der Waals surface area contributed by atoms with Gasteiger partial charge in [0.05, 0.1) is 0 Å². The van der Waals surface area contributed by atoms with Crippen LogP contribution in [0.5, 0.6) is 5.75 Å². The molecule has 0 atom stereocenters. The Hall–Kier alpha value is -1.26. The minimum atomic E-state index is -0.493. The highest BCUT2D eigenvalue weighted by Crippen LogP contribution is 2.22. The van der Waals surface area contributed by atoms with Gasteiger partial charge >= 0.3 is 0 Å². The fourth-order valence-electron chi connectivity index (χ4n) is 1.38. The van der Waals surface area contributed by atoms with E-state index >= 15 is 0 Å². The highest BCUT2D eigenvalue weighted by Gasteiger charge is 2.05. The van der Waals surface area contributed by atoms with Gasteiger partial charge in [-0.3, -0.25) is 4.79 Å². The van der Waals surface area contributed by atoms with Crippen molar-refractivity contribution >= 4 is 17.5 Å². The Bertz CT molecular complexity index is 383. The average Bonchev–Trinajstić information content (AvgIpc) is 2.28. The van der Waals surface area contributed by atoms with Gasteiger partial charge in [0.25, 0.3) is 5.91 Å². The molecule has 0 heterocycles. The van der Waals surface area contributed by atoms with Crippen LogP contribution in [0.4, 0.5) is 0 Å². The van der Waals surface area contributed by atoms with E-state index in [1.807, 2.05) is 6.07 Å². The molecule has 0 saturated heterocycles. The predicted molar refractivity (Wildman–Crippen MR) is 68.1 cm³/mol. The largest absolute Gasteiger partial charge is 0.483 e. The molecule has 1 aromatic rings. The first-order valence-corrected chi connectivity index (χ1v) is 5.91. The van der Waals surface area contributed by atoms with Crippen molar-refractivity contribution in [1.29, 1.82) is 0 Å². The van der Waals surface area contributed by atoms with E-state index in [9.17, 15) is 4.79 Å². The van der Waals surface area contributed by atoms with Crippen LogP contribution in [0.25, 0.3) is 0 Å². The summed E-state index contributed by atoms with van der Waals surface area (Å²) >= 11 is 5.92. The van der Waals surface area contributed by atoms with E-state index < -0.39 is 5.91 Å². The average molecular weight is 257 g/mol. The van der Waals surface area contributed by atoms with E-state index in [1.165, 1.54) is 0 Å². The maximum atomic E-state index is 10.7. The number of carbonyl (C=O) groups excluding carboxylic acids is 1. The van der Waals surface area contributed by atoms with Gasteiger partial charge in [0.2, 0.25) is 0 Å². The molecule has 1 aromatic carbocycles. The van der Waals surface area contributed by atoms with E-state index in [0.29, 0.717) is 17.3 Å². The molecule has 0 aliphatic carbocycles. The number of hydrogen-bond donors (Lipinski definition) is 2. The Balaban J connectivity index is 2.69. The van der Waals surface area contributed by atoms with Crippen molar-refractivity contribution in [3.05, 3.63) is 28.8 Å². The van der Waals surface area contributed by atoms with Crippen LogP contribution in [-0.4, -0.2) is 19.1 Å². The van der Waals surface area contributed by atoms with Crippen molar-refractivity contribution in [2.24, 2.45) is 5.73 Å². The number of hydrogen-bond acceptors (Lipinski definition) is 3. The van der Waals surface area contributed by atoms with Gasteiger partial charge in [-0.15, -0.1) is 0 Å². The number of ether oxygens (including phenoxy) is 1. The number of carbonyl (C=O) groups is 1. The fourth-order valence-corrected chi connectivity index (χ4v) is 1.57. The van der Waals surface area contributed by atoms with Crippen LogP contribution in [0.2, 0.25) is 5.02 Å². The summed E-state index contributed by atoms with van der Waals surface area (Å²) in [7, 11) is 0. The topological polar surface area (TPSA) is 64.3 Å². The quantitative estimate of drug-likeness (QED) is 0.730.